The molecule has 2 nitrogen and oxygen atoms in total. The van der Waals surface area contributed by atoms with Gasteiger partial charge in [-0.1, -0.05) is 32.8 Å². The van der Waals surface area contributed by atoms with Crippen LogP contribution < -0.4 is 0 Å². The molecule has 0 unspecified atom stereocenters. The number of imidazole rings is 1. The second-order valence-corrected chi connectivity index (χ2v) is 3.63. The molecule has 1 aromatic heterocycles. The van der Waals surface area contributed by atoms with Crippen LogP contribution in [0.25, 0.3) is 5.57 Å². The predicted molar refractivity (Wildman–Crippen MR) is 61.0 cm³/mol. The van der Waals surface area contributed by atoms with Crippen LogP contribution >= 0.6 is 0 Å². The third-order valence-electron chi connectivity index (χ3n) is 2.31. The van der Waals surface area contributed by atoms with Gasteiger partial charge in [0.2, 0.25) is 0 Å². The Morgan fingerprint density at radius 3 is 2.71 bits per heavy atom. The fraction of sp³-hybridized carbons (Fsp3) is 0.583. The lowest BCUT2D eigenvalue weighted by molar-refractivity contribution is 0.856. The summed E-state index contributed by atoms with van der Waals surface area (Å²) in [5.74, 6) is 1.13. The van der Waals surface area contributed by atoms with Gasteiger partial charge in [-0.25, -0.2) is 4.98 Å². The highest BCUT2D eigenvalue weighted by Gasteiger charge is 2.04. The summed E-state index contributed by atoms with van der Waals surface area (Å²) in [7, 11) is 2.05. The number of unbranched alkanes of at least 4 members (excludes halogenated alkanes) is 1. The smallest absolute Gasteiger partial charge is 0.135 e. The highest BCUT2D eigenvalue weighted by Crippen LogP contribution is 2.18. The van der Waals surface area contributed by atoms with E-state index in [9.17, 15) is 0 Å². The Hall–Kier alpha value is -1.05. The molecule has 0 N–H and O–H groups in total. The van der Waals surface area contributed by atoms with Gasteiger partial charge in [0.25, 0.3) is 0 Å². The van der Waals surface area contributed by atoms with Gasteiger partial charge >= 0.3 is 0 Å². The lowest BCUT2D eigenvalue weighted by Gasteiger charge is -2.06. The quantitative estimate of drug-likeness (QED) is 0.699. The van der Waals surface area contributed by atoms with Crippen molar-refractivity contribution in [3.63, 3.8) is 0 Å². The van der Waals surface area contributed by atoms with Crippen molar-refractivity contribution in [2.45, 2.75) is 39.5 Å². The van der Waals surface area contributed by atoms with E-state index in [2.05, 4.69) is 36.5 Å². The molecule has 0 aliphatic carbocycles. The molecule has 0 fully saturated rings. The minimum Gasteiger partial charge on any atom is -0.334 e. The second kappa shape index (κ2) is 5.63. The van der Waals surface area contributed by atoms with Crippen LogP contribution in [0.2, 0.25) is 0 Å². The molecule has 1 rings (SSSR count). The van der Waals surface area contributed by atoms with Gasteiger partial charge < -0.3 is 4.57 Å². The Morgan fingerprint density at radius 1 is 1.43 bits per heavy atom. The molecule has 0 radical (unpaired) electrons. The van der Waals surface area contributed by atoms with E-state index < -0.39 is 0 Å². The zero-order valence-electron chi connectivity index (χ0n) is 9.45. The predicted octanol–water partition coefficient (Wildman–Crippen LogP) is 3.40. The molecule has 78 valence electrons. The molecule has 0 spiro atoms. The number of aryl methyl sites for hydroxylation is 1. The molecule has 0 bridgehead atoms. The van der Waals surface area contributed by atoms with E-state index in [1.165, 1.54) is 18.4 Å². The fourth-order valence-electron chi connectivity index (χ4n) is 1.57. The molecular weight excluding hydrogens is 172 g/mol. The van der Waals surface area contributed by atoms with Crippen molar-refractivity contribution in [3.8, 4) is 0 Å². The van der Waals surface area contributed by atoms with E-state index in [4.69, 9.17) is 0 Å². The van der Waals surface area contributed by atoms with Gasteiger partial charge in [-0.2, -0.15) is 0 Å². The van der Waals surface area contributed by atoms with Gasteiger partial charge in [0.1, 0.15) is 5.82 Å². The number of hydrogen-bond acceptors (Lipinski definition) is 1. The van der Waals surface area contributed by atoms with E-state index in [0.717, 1.165) is 18.7 Å². The maximum atomic E-state index is 4.38. The number of nitrogens with zero attached hydrogens (tertiary/aromatic N) is 2. The van der Waals surface area contributed by atoms with Crippen molar-refractivity contribution in [2.24, 2.45) is 7.05 Å². The molecule has 0 saturated carbocycles. The first-order chi connectivity index (χ1) is 6.79. The Labute approximate surface area is 86.7 Å². The van der Waals surface area contributed by atoms with Crippen molar-refractivity contribution in [1.82, 2.24) is 9.55 Å². The summed E-state index contributed by atoms with van der Waals surface area (Å²) in [6, 6.07) is 0. The average molecular weight is 192 g/mol. The molecule has 0 aliphatic rings. The summed E-state index contributed by atoms with van der Waals surface area (Å²) in [6.45, 7) is 4.42. The zero-order valence-corrected chi connectivity index (χ0v) is 9.45. The molecule has 0 amide bonds. The largest absolute Gasteiger partial charge is 0.334 e. The number of rotatable bonds is 5. The summed E-state index contributed by atoms with van der Waals surface area (Å²) in [5.41, 5.74) is 1.39. The summed E-state index contributed by atoms with van der Waals surface area (Å²) >= 11 is 0. The van der Waals surface area contributed by atoms with Crippen molar-refractivity contribution in [2.75, 3.05) is 0 Å². The van der Waals surface area contributed by atoms with Gasteiger partial charge in [-0.05, 0) is 18.4 Å². The number of aromatic nitrogens is 2. The zero-order chi connectivity index (χ0) is 10.4. The van der Waals surface area contributed by atoms with Gasteiger partial charge in [0, 0.05) is 19.4 Å². The van der Waals surface area contributed by atoms with Crippen LogP contribution in [0.5, 0.6) is 0 Å². The molecule has 0 aliphatic heterocycles. The van der Waals surface area contributed by atoms with E-state index in [1.807, 2.05) is 12.4 Å². The average Bonchev–Trinajstić information content (AvgIpc) is 2.59. The van der Waals surface area contributed by atoms with Gasteiger partial charge in [0.05, 0.1) is 0 Å². The summed E-state index contributed by atoms with van der Waals surface area (Å²) in [6.07, 6.45) is 10.9. The first-order valence-corrected chi connectivity index (χ1v) is 5.46. The van der Waals surface area contributed by atoms with E-state index >= 15 is 0 Å². The Bertz CT molecular complexity index is 297. The lowest BCUT2D eigenvalue weighted by Crippen LogP contribution is -1.96. The van der Waals surface area contributed by atoms with Gasteiger partial charge in [0.15, 0.2) is 0 Å². The monoisotopic (exact) mass is 192 g/mol. The first-order valence-electron chi connectivity index (χ1n) is 5.46. The lowest BCUT2D eigenvalue weighted by atomic mass is 10.1. The van der Waals surface area contributed by atoms with Crippen molar-refractivity contribution in [1.29, 1.82) is 0 Å². The minimum absolute atomic E-state index is 1.13. The topological polar surface area (TPSA) is 17.8 Å². The molecule has 1 aromatic rings. The highest BCUT2D eigenvalue weighted by atomic mass is 15.0. The maximum Gasteiger partial charge on any atom is 0.135 e. The van der Waals surface area contributed by atoms with Gasteiger partial charge in [-0.3, -0.25) is 0 Å². The SMILES string of the molecule is CCC/C=C(\CCC)c1nccn1C. The van der Waals surface area contributed by atoms with Crippen LogP contribution in [0.1, 0.15) is 45.4 Å². The third-order valence-corrected chi connectivity index (χ3v) is 2.31. The molecule has 0 atom stereocenters. The third kappa shape index (κ3) is 2.72. The number of hydrogen-bond donors (Lipinski definition) is 0. The molecule has 1 heterocycles. The van der Waals surface area contributed by atoms with Crippen LogP contribution in [0.15, 0.2) is 18.5 Å². The van der Waals surface area contributed by atoms with Crippen molar-refractivity contribution >= 4 is 5.57 Å². The van der Waals surface area contributed by atoms with Crippen LogP contribution in [-0.4, -0.2) is 9.55 Å². The molecule has 0 saturated heterocycles. The Morgan fingerprint density at radius 2 is 2.21 bits per heavy atom. The van der Waals surface area contributed by atoms with E-state index in [0.29, 0.717) is 0 Å². The van der Waals surface area contributed by atoms with Crippen molar-refractivity contribution < 1.29 is 0 Å². The fourth-order valence-corrected chi connectivity index (χ4v) is 1.57. The normalized spacial score (nSPS) is 12.1. The number of allylic oxidation sites excluding steroid dienone is 2. The molecule has 0 aromatic carbocycles. The Balaban J connectivity index is 2.82. The van der Waals surface area contributed by atoms with Crippen molar-refractivity contribution in [3.05, 3.63) is 24.3 Å². The van der Waals surface area contributed by atoms with Crippen LogP contribution in [0.4, 0.5) is 0 Å². The molecule has 14 heavy (non-hydrogen) atoms. The highest BCUT2D eigenvalue weighted by molar-refractivity contribution is 5.59. The van der Waals surface area contributed by atoms with Crippen LogP contribution in [0, 0.1) is 0 Å². The Kier molecular flexibility index (Phi) is 4.44. The van der Waals surface area contributed by atoms with Crippen LogP contribution in [-0.2, 0) is 7.05 Å². The summed E-state index contributed by atoms with van der Waals surface area (Å²) in [5, 5.41) is 0. The standard InChI is InChI=1S/C12H20N2/c1-4-6-8-11(7-5-2)12-13-9-10-14(12)3/h8-10H,4-7H2,1-3H3/b11-8+. The summed E-state index contributed by atoms with van der Waals surface area (Å²) in [4.78, 5) is 4.38. The van der Waals surface area contributed by atoms with Crippen LogP contribution in [0.3, 0.4) is 0 Å². The molecular formula is C12H20N2. The second-order valence-electron chi connectivity index (χ2n) is 3.63. The first kappa shape index (κ1) is 11.0. The van der Waals surface area contributed by atoms with Gasteiger partial charge in [-0.15, -0.1) is 0 Å². The molecule has 2 heteroatoms. The van der Waals surface area contributed by atoms with E-state index in [-0.39, 0.29) is 0 Å². The summed E-state index contributed by atoms with van der Waals surface area (Å²) < 4.78 is 2.09. The van der Waals surface area contributed by atoms with E-state index in [1.54, 1.807) is 0 Å². The minimum atomic E-state index is 1.13. The maximum absolute atomic E-state index is 4.38.